The van der Waals surface area contributed by atoms with E-state index in [0.29, 0.717) is 31.0 Å². The molecule has 1 radical (unpaired) electrons. The number of ether oxygens (including phenoxy) is 7. The van der Waals surface area contributed by atoms with Crippen LogP contribution in [0.25, 0.3) is 10.9 Å². The number of carbonyl (C=O) groups excluding carboxylic acids is 1. The monoisotopic (exact) mass is 1100 g/mol. The van der Waals surface area contributed by atoms with Crippen LogP contribution in [0, 0.1) is 18.9 Å². The second-order valence-electron chi connectivity index (χ2n) is 18.7. The third kappa shape index (κ3) is 12.0. The van der Waals surface area contributed by atoms with Gasteiger partial charge in [-0.25, -0.2) is 4.39 Å². The Morgan fingerprint density at radius 2 is 1.39 bits per heavy atom. The number of benzene rings is 1. The summed E-state index contributed by atoms with van der Waals surface area (Å²) in [7, 11) is 0. The molecule has 0 spiro atoms. The number of aliphatic hydroxyl groups excluding tert-OH is 6. The van der Waals surface area contributed by atoms with Crippen molar-refractivity contribution in [1.29, 1.82) is 0 Å². The molecule has 9 rings (SSSR count). The van der Waals surface area contributed by atoms with Gasteiger partial charge < -0.3 is 126 Å². The van der Waals surface area contributed by atoms with Crippen molar-refractivity contribution in [2.75, 3.05) is 44.2 Å². The van der Waals surface area contributed by atoms with Crippen molar-refractivity contribution in [2.24, 2.45) is 34.4 Å². The minimum Gasteiger partial charge on any atom is -0.423 e. The zero-order valence-corrected chi connectivity index (χ0v) is 42.0. The summed E-state index contributed by atoms with van der Waals surface area (Å²) >= 11 is 0. The molecule has 18 N–H and O–H groups in total. The number of pyridine rings is 1. The van der Waals surface area contributed by atoms with Gasteiger partial charge >= 0.3 is 0 Å². The Morgan fingerprint density at radius 3 is 1.94 bits per heavy atom. The van der Waals surface area contributed by atoms with Gasteiger partial charge in [0.1, 0.15) is 60.8 Å². The Bertz CT molecular complexity index is 2300. The van der Waals surface area contributed by atoms with Crippen LogP contribution in [0.4, 0.5) is 10.1 Å². The van der Waals surface area contributed by atoms with Gasteiger partial charge in [-0.05, 0) is 37.5 Å². The number of aliphatic hydroxyl groups is 6. The molecule has 6 aliphatic rings. The number of carbonyl (C=O) groups is 1. The van der Waals surface area contributed by atoms with Crippen molar-refractivity contribution >= 4 is 23.1 Å². The van der Waals surface area contributed by atoms with Crippen LogP contribution in [0.2, 0.25) is 0 Å². The molecule has 0 amide bonds. The molecule has 2 aromatic heterocycles. The molecular formula is C43H65FN12O15Y-2. The van der Waals surface area contributed by atoms with Crippen molar-refractivity contribution in [2.45, 2.75) is 148 Å². The molecule has 6 fully saturated rings. The third-order valence-electron chi connectivity index (χ3n) is 13.9. The van der Waals surface area contributed by atoms with Crippen LogP contribution >= 0.6 is 0 Å². The largest absolute Gasteiger partial charge is 0.423 e. The molecule has 29 heteroatoms. The maximum Gasteiger partial charge on any atom is 0.298 e. The van der Waals surface area contributed by atoms with E-state index < -0.39 is 128 Å². The average Bonchev–Trinajstić information content (AvgIpc) is 4.01. The Kier molecular flexibility index (Phi) is 19.3. The van der Waals surface area contributed by atoms with Crippen LogP contribution < -0.4 is 49.5 Å². The van der Waals surface area contributed by atoms with Gasteiger partial charge in [0.05, 0.1) is 53.7 Å². The van der Waals surface area contributed by atoms with Crippen LogP contribution in [0.5, 0.6) is 5.75 Å². The quantitative estimate of drug-likeness (QED) is 0.0527. The fraction of sp³-hybridized carbons (Fsp3) is 0.698. The molecule has 0 bridgehead atoms. The van der Waals surface area contributed by atoms with E-state index in [1.807, 2.05) is 9.47 Å². The summed E-state index contributed by atoms with van der Waals surface area (Å²) in [5.41, 5.74) is 36.3. The summed E-state index contributed by atoms with van der Waals surface area (Å²) in [4.78, 5) is 27.6. The Balaban J connectivity index is 0.000000217. The summed E-state index contributed by atoms with van der Waals surface area (Å²) in [6, 6.07) is -0.794. The number of hydrogen-bond donors (Lipinski definition) is 12. The smallest absolute Gasteiger partial charge is 0.298 e. The van der Waals surface area contributed by atoms with E-state index in [9.17, 15) is 40.2 Å². The second-order valence-corrected chi connectivity index (χ2v) is 18.7. The first kappa shape index (κ1) is 56.8. The molecule has 4 saturated heterocycles. The van der Waals surface area contributed by atoms with E-state index in [2.05, 4.69) is 28.3 Å². The van der Waals surface area contributed by atoms with E-state index in [-0.39, 0.29) is 75.9 Å². The number of nitrogens with two attached hydrogens (primary N) is 6. The molecule has 19 atom stereocenters. The van der Waals surface area contributed by atoms with Crippen molar-refractivity contribution < 1.29 is 106 Å². The van der Waals surface area contributed by atoms with Crippen LogP contribution in [0.1, 0.15) is 25.3 Å². The van der Waals surface area contributed by atoms with Crippen molar-refractivity contribution in [3.63, 3.8) is 0 Å². The SMILES string of the molecule is O=COc1cn(C2CC2)c2cc(N3CCN(Cn4c[c-]nn4)CC3)c(F)cc2c1=O.[CH2-][C@H]1O[C@@H](O[C@@H]2C(O)[C@H](N)CC(N)[C@@H]2O[C@@H]2OC(CN)[C@H](O)[C@H](O)C2N)C(O)[C@H]1O[C@H]1O[C@@H](CN)[C@@H](O)C(O)C1N.[Y]. The molecular weight excluding hydrogens is 1030 g/mol. The van der Waals surface area contributed by atoms with Gasteiger partial charge in [0.2, 0.25) is 5.43 Å². The summed E-state index contributed by atoms with van der Waals surface area (Å²) in [6.45, 7) is 7.19. The summed E-state index contributed by atoms with van der Waals surface area (Å²) < 4.78 is 58.2. The molecule has 4 aliphatic heterocycles. The average molecular weight is 1100 g/mol. The molecule has 2 aliphatic carbocycles. The Morgan fingerprint density at radius 1 is 0.792 bits per heavy atom. The number of hydrogen-bond acceptors (Lipinski definition) is 25. The molecule has 1 aromatic carbocycles. The van der Waals surface area contributed by atoms with E-state index in [4.69, 9.17) is 67.6 Å². The first-order valence-electron chi connectivity index (χ1n) is 23.4. The molecule has 399 valence electrons. The molecule has 2 saturated carbocycles. The van der Waals surface area contributed by atoms with Gasteiger partial charge in [-0.3, -0.25) is 19.2 Å². The van der Waals surface area contributed by atoms with Crippen molar-refractivity contribution in [3.05, 3.63) is 53.7 Å². The van der Waals surface area contributed by atoms with Gasteiger partial charge in [-0.2, -0.15) is 0 Å². The van der Waals surface area contributed by atoms with Crippen LogP contribution in [0.15, 0.2) is 29.3 Å². The summed E-state index contributed by atoms with van der Waals surface area (Å²) in [5, 5.41) is 70.7. The fourth-order valence-corrected chi connectivity index (χ4v) is 9.57. The van der Waals surface area contributed by atoms with Gasteiger partial charge in [-0.15, -0.1) is 11.4 Å². The number of fused-ring (bicyclic) bond motifs is 1. The maximum absolute atomic E-state index is 15.0. The van der Waals surface area contributed by atoms with Gasteiger partial charge in [0.15, 0.2) is 24.6 Å². The normalized spacial score (nSPS) is 38.5. The predicted molar refractivity (Wildman–Crippen MR) is 242 cm³/mol. The maximum atomic E-state index is 15.0. The van der Waals surface area contributed by atoms with Crippen LogP contribution in [-0.2, 0) is 72.6 Å². The van der Waals surface area contributed by atoms with Crippen molar-refractivity contribution in [3.8, 4) is 5.75 Å². The Hall–Kier alpha value is -2.89. The number of anilines is 1. The fourth-order valence-electron chi connectivity index (χ4n) is 9.57. The van der Waals surface area contributed by atoms with Gasteiger partial charge in [-0.1, -0.05) is 0 Å². The topological polar surface area (TPSA) is 418 Å². The predicted octanol–water partition coefficient (Wildman–Crippen LogP) is -6.87. The molecule has 3 aromatic rings. The minimum atomic E-state index is -1.51. The van der Waals surface area contributed by atoms with E-state index in [1.54, 1.807) is 23.1 Å². The molecule has 6 heterocycles. The molecule has 7 unspecified atom stereocenters. The summed E-state index contributed by atoms with van der Waals surface area (Å²) in [6.07, 6.45) is -11.0. The third-order valence-corrected chi connectivity index (χ3v) is 13.9. The molecule has 27 nitrogen and oxygen atoms in total. The standard InChI is InChI=1S/C23H45N6O12.C20H20FN6O3.Y/c1-5-18(39-21-10(28)15(33)13(31)8(3-24)37-21)17(35)23(36-5)41-20-12(30)6(26)2-7(27)19(20)40-22-11(29)16(34)14(32)9(4-25)38-22;21-16-9-15-17(27(14-1-2-14)11-19(20(15)29)30-13-28)10-18(16)25-7-5-24(6-8-25)12-26-4-3-22-23-26;/h5-23,30-35H,1-4,24-29H2;4,9-11,13-14H,1-2,5-8,12H2;/q2*-1;/t5-,6-,7?,8+,9?,10?,11?,12?,13-,14+,15?,16-,17?,18+,19+,20-,21-,22+,23+;;/m1../s1. The number of rotatable bonds is 14. The van der Waals surface area contributed by atoms with E-state index in [1.165, 1.54) is 6.07 Å². The number of piperazine rings is 1. The van der Waals surface area contributed by atoms with Gasteiger partial charge in [0.25, 0.3) is 6.47 Å². The zero-order valence-electron chi connectivity index (χ0n) is 39.2. The van der Waals surface area contributed by atoms with Crippen LogP contribution in [-0.4, -0.2) is 217 Å². The minimum absolute atomic E-state index is 0. The Labute approximate surface area is 437 Å². The number of aromatic nitrogens is 4. The van der Waals surface area contributed by atoms with E-state index >= 15 is 4.39 Å². The number of halogens is 1. The summed E-state index contributed by atoms with van der Waals surface area (Å²) in [5.74, 6) is -0.528. The first-order chi connectivity index (χ1) is 33.9. The van der Waals surface area contributed by atoms with Crippen molar-refractivity contribution in [1.82, 2.24) is 24.5 Å². The zero-order chi connectivity index (χ0) is 51.0. The number of nitrogens with zero attached hydrogens (tertiary/aromatic N) is 6. The van der Waals surface area contributed by atoms with Gasteiger partial charge in [0, 0.05) is 90.1 Å². The van der Waals surface area contributed by atoms with E-state index in [0.717, 1.165) is 25.9 Å². The second kappa shape index (κ2) is 24.4. The first-order valence-corrected chi connectivity index (χ1v) is 23.4. The molecule has 72 heavy (non-hydrogen) atoms. The van der Waals surface area contributed by atoms with Crippen LogP contribution in [0.3, 0.4) is 0 Å².